The molecule has 0 fully saturated rings. The van der Waals surface area contributed by atoms with E-state index in [1.54, 1.807) is 18.5 Å². The summed E-state index contributed by atoms with van der Waals surface area (Å²) in [5, 5.41) is 9.16. The maximum atomic E-state index is 9.16. The summed E-state index contributed by atoms with van der Waals surface area (Å²) in [7, 11) is 0. The normalized spacial score (nSPS) is 10.6. The Labute approximate surface area is 111 Å². The Bertz CT molecular complexity index is 637. The highest BCUT2D eigenvalue weighted by Gasteiger charge is 2.04. The molecule has 0 atom stereocenters. The SMILES string of the molecule is CCO/C=N/c1ccc(-n2cnc(C)c2)cc1C#N. The van der Waals surface area contributed by atoms with Crippen LogP contribution >= 0.6 is 0 Å². The molecule has 5 nitrogen and oxygen atoms in total. The Morgan fingerprint density at radius 3 is 3.00 bits per heavy atom. The second-order valence-corrected chi connectivity index (χ2v) is 3.93. The third kappa shape index (κ3) is 2.99. The summed E-state index contributed by atoms with van der Waals surface area (Å²) >= 11 is 0. The molecule has 1 aromatic carbocycles. The topological polar surface area (TPSA) is 63.2 Å². The quantitative estimate of drug-likeness (QED) is 0.622. The zero-order valence-corrected chi connectivity index (χ0v) is 10.9. The van der Waals surface area contributed by atoms with Crippen molar-refractivity contribution in [3.63, 3.8) is 0 Å². The molecular formula is C14H14N4O. The van der Waals surface area contributed by atoms with Crippen LogP contribution in [0.1, 0.15) is 18.2 Å². The van der Waals surface area contributed by atoms with E-state index < -0.39 is 0 Å². The van der Waals surface area contributed by atoms with Crippen LogP contribution in [0.3, 0.4) is 0 Å². The van der Waals surface area contributed by atoms with Gasteiger partial charge < -0.3 is 9.30 Å². The number of aliphatic imine (C=N–C) groups is 1. The molecule has 0 saturated carbocycles. The average Bonchev–Trinajstić information content (AvgIpc) is 2.86. The van der Waals surface area contributed by atoms with E-state index in [0.717, 1.165) is 11.4 Å². The van der Waals surface area contributed by atoms with Crippen molar-refractivity contribution in [1.29, 1.82) is 5.26 Å². The fourth-order valence-corrected chi connectivity index (χ4v) is 1.62. The van der Waals surface area contributed by atoms with Crippen molar-refractivity contribution in [3.8, 4) is 11.8 Å². The van der Waals surface area contributed by atoms with Crippen molar-refractivity contribution >= 4 is 12.1 Å². The first-order valence-electron chi connectivity index (χ1n) is 5.94. The highest BCUT2D eigenvalue weighted by molar-refractivity contribution is 5.64. The number of nitrogens with zero attached hydrogens (tertiary/aromatic N) is 4. The summed E-state index contributed by atoms with van der Waals surface area (Å²) in [6.07, 6.45) is 4.98. The van der Waals surface area contributed by atoms with Gasteiger partial charge in [-0.05, 0) is 32.0 Å². The van der Waals surface area contributed by atoms with E-state index in [0.29, 0.717) is 17.9 Å². The van der Waals surface area contributed by atoms with Gasteiger partial charge in [0.1, 0.15) is 6.07 Å². The number of aryl methyl sites for hydroxylation is 1. The number of benzene rings is 1. The summed E-state index contributed by atoms with van der Waals surface area (Å²) in [4.78, 5) is 8.27. The predicted octanol–water partition coefficient (Wildman–Crippen LogP) is 2.75. The number of aromatic nitrogens is 2. The number of imidazole rings is 1. The van der Waals surface area contributed by atoms with Crippen LogP contribution < -0.4 is 0 Å². The lowest BCUT2D eigenvalue weighted by molar-refractivity contribution is 0.344. The summed E-state index contributed by atoms with van der Waals surface area (Å²) < 4.78 is 6.91. The lowest BCUT2D eigenvalue weighted by atomic mass is 10.1. The number of hydrogen-bond donors (Lipinski definition) is 0. The number of rotatable bonds is 4. The van der Waals surface area contributed by atoms with E-state index in [-0.39, 0.29) is 0 Å². The van der Waals surface area contributed by atoms with Crippen LogP contribution in [0.15, 0.2) is 35.7 Å². The molecule has 0 aliphatic carbocycles. The standard InChI is InChI=1S/C14H14N4O/c1-3-19-10-17-14-5-4-13(6-12(14)7-15)18-8-11(2)16-9-18/h4-6,8-10H,3H2,1-2H3/b17-10+. The van der Waals surface area contributed by atoms with Gasteiger partial charge >= 0.3 is 0 Å². The van der Waals surface area contributed by atoms with Crippen molar-refractivity contribution in [2.24, 2.45) is 4.99 Å². The molecule has 0 amide bonds. The molecule has 0 aliphatic rings. The van der Waals surface area contributed by atoms with Crippen molar-refractivity contribution in [2.45, 2.75) is 13.8 Å². The molecule has 0 unspecified atom stereocenters. The number of ether oxygens (including phenoxy) is 1. The highest BCUT2D eigenvalue weighted by Crippen LogP contribution is 2.21. The van der Waals surface area contributed by atoms with Gasteiger partial charge in [0.05, 0.1) is 29.9 Å². The Hall–Kier alpha value is -2.61. The van der Waals surface area contributed by atoms with Gasteiger partial charge in [0.25, 0.3) is 0 Å². The number of hydrogen-bond acceptors (Lipinski definition) is 4. The third-order valence-electron chi connectivity index (χ3n) is 2.54. The van der Waals surface area contributed by atoms with Crippen LogP contribution in [-0.2, 0) is 4.74 Å². The van der Waals surface area contributed by atoms with Crippen molar-refractivity contribution in [1.82, 2.24) is 9.55 Å². The zero-order chi connectivity index (χ0) is 13.7. The number of nitriles is 1. The first kappa shape index (κ1) is 12.8. The Kier molecular flexibility index (Phi) is 3.94. The summed E-state index contributed by atoms with van der Waals surface area (Å²) in [6.45, 7) is 4.35. The van der Waals surface area contributed by atoms with Crippen LogP contribution in [-0.4, -0.2) is 22.6 Å². The lowest BCUT2D eigenvalue weighted by Crippen LogP contribution is -1.91. The molecule has 0 bridgehead atoms. The van der Waals surface area contributed by atoms with Gasteiger partial charge in [0, 0.05) is 11.9 Å². The fourth-order valence-electron chi connectivity index (χ4n) is 1.62. The van der Waals surface area contributed by atoms with E-state index in [4.69, 9.17) is 10.00 Å². The molecule has 2 aromatic rings. The van der Waals surface area contributed by atoms with E-state index >= 15 is 0 Å². The van der Waals surface area contributed by atoms with Gasteiger partial charge in [0.15, 0.2) is 6.40 Å². The van der Waals surface area contributed by atoms with Crippen LogP contribution in [0.5, 0.6) is 0 Å². The molecule has 0 aliphatic heterocycles. The minimum Gasteiger partial charge on any atom is -0.483 e. The summed E-state index contributed by atoms with van der Waals surface area (Å²) in [5.74, 6) is 0. The van der Waals surface area contributed by atoms with Crippen molar-refractivity contribution in [3.05, 3.63) is 42.0 Å². The largest absolute Gasteiger partial charge is 0.483 e. The first-order valence-corrected chi connectivity index (χ1v) is 5.94. The first-order chi connectivity index (χ1) is 9.24. The van der Waals surface area contributed by atoms with Crippen LogP contribution in [0.2, 0.25) is 0 Å². The molecule has 0 radical (unpaired) electrons. The van der Waals surface area contributed by atoms with Gasteiger partial charge in [-0.25, -0.2) is 9.98 Å². The molecule has 96 valence electrons. The second kappa shape index (κ2) is 5.83. The highest BCUT2D eigenvalue weighted by atomic mass is 16.5. The Morgan fingerprint density at radius 1 is 1.53 bits per heavy atom. The fraction of sp³-hybridized carbons (Fsp3) is 0.214. The van der Waals surface area contributed by atoms with E-state index in [9.17, 15) is 0 Å². The van der Waals surface area contributed by atoms with Crippen LogP contribution in [0.4, 0.5) is 5.69 Å². The van der Waals surface area contributed by atoms with E-state index in [1.807, 2.05) is 30.7 Å². The van der Waals surface area contributed by atoms with Gasteiger partial charge in [-0.15, -0.1) is 0 Å². The minimum absolute atomic E-state index is 0.500. The molecule has 1 aromatic heterocycles. The monoisotopic (exact) mass is 254 g/mol. The molecule has 0 spiro atoms. The molecule has 1 heterocycles. The van der Waals surface area contributed by atoms with Crippen LogP contribution in [0, 0.1) is 18.3 Å². The maximum Gasteiger partial charge on any atom is 0.174 e. The Morgan fingerprint density at radius 2 is 2.37 bits per heavy atom. The lowest BCUT2D eigenvalue weighted by Gasteiger charge is -2.04. The molecule has 19 heavy (non-hydrogen) atoms. The maximum absolute atomic E-state index is 9.16. The van der Waals surface area contributed by atoms with E-state index in [1.165, 1.54) is 6.40 Å². The summed E-state index contributed by atoms with van der Waals surface area (Å²) in [6, 6.07) is 7.59. The predicted molar refractivity (Wildman–Crippen MR) is 72.8 cm³/mol. The second-order valence-electron chi connectivity index (χ2n) is 3.93. The molecular weight excluding hydrogens is 240 g/mol. The minimum atomic E-state index is 0.500. The van der Waals surface area contributed by atoms with Gasteiger partial charge in [0.2, 0.25) is 0 Å². The zero-order valence-electron chi connectivity index (χ0n) is 10.9. The third-order valence-corrected chi connectivity index (χ3v) is 2.54. The van der Waals surface area contributed by atoms with Gasteiger partial charge in [-0.3, -0.25) is 0 Å². The van der Waals surface area contributed by atoms with Gasteiger partial charge in [-0.2, -0.15) is 5.26 Å². The average molecular weight is 254 g/mol. The smallest absolute Gasteiger partial charge is 0.174 e. The molecule has 2 rings (SSSR count). The van der Waals surface area contributed by atoms with Crippen molar-refractivity contribution in [2.75, 3.05) is 6.61 Å². The van der Waals surface area contributed by atoms with Gasteiger partial charge in [-0.1, -0.05) is 0 Å². The Balaban J connectivity index is 2.34. The van der Waals surface area contributed by atoms with Crippen LogP contribution in [0.25, 0.3) is 5.69 Å². The molecule has 5 heteroatoms. The van der Waals surface area contributed by atoms with Crippen molar-refractivity contribution < 1.29 is 4.74 Å². The molecule has 0 saturated heterocycles. The van der Waals surface area contributed by atoms with E-state index in [2.05, 4.69) is 16.0 Å². The molecule has 0 N–H and O–H groups in total. The summed E-state index contributed by atoms with van der Waals surface area (Å²) in [5.41, 5.74) is 2.90.